The van der Waals surface area contributed by atoms with Crippen LogP contribution in [-0.2, 0) is 4.74 Å². The summed E-state index contributed by atoms with van der Waals surface area (Å²) in [4.78, 5) is 14.2. The van der Waals surface area contributed by atoms with Crippen LogP contribution in [0.3, 0.4) is 0 Å². The minimum Gasteiger partial charge on any atom is -0.497 e. The van der Waals surface area contributed by atoms with E-state index in [2.05, 4.69) is 13.0 Å². The average molecular weight is 345 g/mol. The highest BCUT2D eigenvalue weighted by atomic mass is 16.6. The third kappa shape index (κ3) is 3.75. The van der Waals surface area contributed by atoms with Crippen LogP contribution in [0.2, 0.25) is 0 Å². The maximum Gasteiger partial charge on any atom is 0.410 e. The van der Waals surface area contributed by atoms with Gasteiger partial charge in [-0.15, -0.1) is 0 Å². The van der Waals surface area contributed by atoms with Crippen LogP contribution in [0.4, 0.5) is 4.79 Å². The summed E-state index contributed by atoms with van der Waals surface area (Å²) < 4.78 is 16.7. The lowest BCUT2D eigenvalue weighted by Crippen LogP contribution is -2.44. The number of nitrogens with zero attached hydrogens (tertiary/aromatic N) is 1. The Morgan fingerprint density at radius 2 is 2.08 bits per heavy atom. The molecule has 1 aromatic carbocycles. The van der Waals surface area contributed by atoms with E-state index < -0.39 is 5.60 Å². The monoisotopic (exact) mass is 345 g/mol. The third-order valence-electron chi connectivity index (χ3n) is 4.75. The molecule has 5 heteroatoms. The first-order valence-corrected chi connectivity index (χ1v) is 8.81. The van der Waals surface area contributed by atoms with Crippen molar-refractivity contribution in [1.29, 1.82) is 0 Å². The molecule has 1 fully saturated rings. The highest BCUT2D eigenvalue weighted by molar-refractivity contribution is 5.83. The van der Waals surface area contributed by atoms with Crippen LogP contribution in [0.15, 0.2) is 28.9 Å². The van der Waals surface area contributed by atoms with Crippen molar-refractivity contribution in [1.82, 2.24) is 4.90 Å². The quantitative estimate of drug-likeness (QED) is 0.784. The lowest BCUT2D eigenvalue weighted by atomic mass is 9.81. The lowest BCUT2D eigenvalue weighted by Gasteiger charge is -2.37. The standard InChI is InChI=1S/C20H27NO4/c1-13-12-21(19(22)25-20(2,3)4)8-6-16(13)17-11-15(23-5)10-14-7-9-24-18(14)17/h7,9-11,13,16H,6,8,12H2,1-5H3/t13-,16-/m1/s1. The van der Waals surface area contributed by atoms with E-state index in [1.165, 1.54) is 0 Å². The molecule has 5 nitrogen and oxygen atoms in total. The summed E-state index contributed by atoms with van der Waals surface area (Å²) in [6.07, 6.45) is 2.36. The third-order valence-corrected chi connectivity index (χ3v) is 4.75. The Kier molecular flexibility index (Phi) is 4.67. The molecule has 2 heterocycles. The van der Waals surface area contributed by atoms with Gasteiger partial charge >= 0.3 is 6.09 Å². The van der Waals surface area contributed by atoms with Crippen LogP contribution < -0.4 is 4.74 Å². The number of carbonyl (C=O) groups is 1. The largest absolute Gasteiger partial charge is 0.497 e. The van der Waals surface area contributed by atoms with Gasteiger partial charge in [0.2, 0.25) is 0 Å². The van der Waals surface area contributed by atoms with Crippen LogP contribution in [0, 0.1) is 5.92 Å². The molecule has 0 radical (unpaired) electrons. The number of hydrogen-bond acceptors (Lipinski definition) is 4. The van der Waals surface area contributed by atoms with Gasteiger partial charge in [-0.25, -0.2) is 4.79 Å². The molecule has 0 bridgehead atoms. The van der Waals surface area contributed by atoms with Gasteiger partial charge in [-0.2, -0.15) is 0 Å². The Balaban J connectivity index is 1.80. The Morgan fingerprint density at radius 3 is 2.72 bits per heavy atom. The number of rotatable bonds is 2. The summed E-state index contributed by atoms with van der Waals surface area (Å²) in [5.74, 6) is 1.47. The van der Waals surface area contributed by atoms with Crippen molar-refractivity contribution in [2.24, 2.45) is 5.92 Å². The van der Waals surface area contributed by atoms with E-state index in [9.17, 15) is 4.79 Å². The SMILES string of the molecule is COc1cc([C@@H]2CCN(C(=O)OC(C)(C)C)C[C@H]2C)c2occc2c1. The summed E-state index contributed by atoms with van der Waals surface area (Å²) in [7, 11) is 1.68. The average Bonchev–Trinajstić information content (AvgIpc) is 3.00. The van der Waals surface area contributed by atoms with E-state index in [0.29, 0.717) is 24.9 Å². The van der Waals surface area contributed by atoms with Gasteiger partial charge in [0, 0.05) is 24.0 Å². The van der Waals surface area contributed by atoms with Crippen molar-refractivity contribution >= 4 is 17.1 Å². The number of likely N-dealkylation sites (tertiary alicyclic amines) is 1. The van der Waals surface area contributed by atoms with E-state index in [1.54, 1.807) is 13.4 Å². The first-order chi connectivity index (χ1) is 11.8. The topological polar surface area (TPSA) is 51.9 Å². The zero-order valence-corrected chi connectivity index (χ0v) is 15.7. The lowest BCUT2D eigenvalue weighted by molar-refractivity contribution is 0.0155. The molecule has 0 N–H and O–H groups in total. The normalized spacial score (nSPS) is 21.4. The van der Waals surface area contributed by atoms with Crippen molar-refractivity contribution in [3.63, 3.8) is 0 Å². The molecule has 136 valence electrons. The highest BCUT2D eigenvalue weighted by Crippen LogP contribution is 2.39. The zero-order chi connectivity index (χ0) is 18.2. The van der Waals surface area contributed by atoms with E-state index in [4.69, 9.17) is 13.9 Å². The number of ether oxygens (including phenoxy) is 2. The Hall–Kier alpha value is -2.17. The van der Waals surface area contributed by atoms with Crippen LogP contribution in [0.25, 0.3) is 11.0 Å². The highest BCUT2D eigenvalue weighted by Gasteiger charge is 2.33. The van der Waals surface area contributed by atoms with Gasteiger partial charge in [0.25, 0.3) is 0 Å². The fourth-order valence-electron chi connectivity index (χ4n) is 3.57. The van der Waals surface area contributed by atoms with E-state index >= 15 is 0 Å². The van der Waals surface area contributed by atoms with E-state index in [-0.39, 0.29) is 6.09 Å². The Labute approximate surface area is 148 Å². The van der Waals surface area contributed by atoms with Crippen LogP contribution in [0.5, 0.6) is 5.75 Å². The number of amides is 1. The number of methoxy groups -OCH3 is 1. The number of benzene rings is 1. The van der Waals surface area contributed by atoms with Crippen molar-refractivity contribution in [2.75, 3.05) is 20.2 Å². The molecular formula is C20H27NO4. The molecule has 1 saturated heterocycles. The van der Waals surface area contributed by atoms with Crippen molar-refractivity contribution in [2.45, 2.75) is 45.6 Å². The van der Waals surface area contributed by atoms with E-state index in [0.717, 1.165) is 28.7 Å². The summed E-state index contributed by atoms with van der Waals surface area (Å²) in [6, 6.07) is 6.01. The summed E-state index contributed by atoms with van der Waals surface area (Å²) in [5.41, 5.74) is 1.61. The molecule has 1 aliphatic rings. The summed E-state index contributed by atoms with van der Waals surface area (Å²) in [6.45, 7) is 9.22. The molecule has 2 atom stereocenters. The van der Waals surface area contributed by atoms with Gasteiger partial charge in [-0.05, 0) is 57.2 Å². The number of piperidine rings is 1. The Morgan fingerprint density at radius 1 is 1.32 bits per heavy atom. The molecule has 1 aromatic heterocycles. The second kappa shape index (κ2) is 6.62. The summed E-state index contributed by atoms with van der Waals surface area (Å²) >= 11 is 0. The van der Waals surface area contributed by atoms with Gasteiger partial charge in [-0.3, -0.25) is 0 Å². The van der Waals surface area contributed by atoms with Gasteiger partial charge < -0.3 is 18.8 Å². The van der Waals surface area contributed by atoms with Gasteiger partial charge in [-0.1, -0.05) is 6.92 Å². The fourth-order valence-corrected chi connectivity index (χ4v) is 3.57. The van der Waals surface area contributed by atoms with E-state index in [1.807, 2.05) is 37.8 Å². The molecule has 0 saturated carbocycles. The first-order valence-electron chi connectivity index (χ1n) is 8.81. The first kappa shape index (κ1) is 17.6. The molecule has 3 rings (SSSR count). The van der Waals surface area contributed by atoms with Gasteiger partial charge in [0.1, 0.15) is 16.9 Å². The Bertz CT molecular complexity index is 759. The van der Waals surface area contributed by atoms with Crippen LogP contribution >= 0.6 is 0 Å². The minimum atomic E-state index is -0.468. The molecule has 0 spiro atoms. The van der Waals surface area contributed by atoms with Crippen molar-refractivity contribution < 1.29 is 18.7 Å². The van der Waals surface area contributed by atoms with Crippen molar-refractivity contribution in [3.8, 4) is 5.75 Å². The molecule has 2 aromatic rings. The van der Waals surface area contributed by atoms with Gasteiger partial charge in [0.05, 0.1) is 13.4 Å². The number of carbonyl (C=O) groups excluding carboxylic acids is 1. The predicted molar refractivity (Wildman–Crippen MR) is 97.1 cm³/mol. The fraction of sp³-hybridized carbons (Fsp3) is 0.550. The number of fused-ring (bicyclic) bond motifs is 1. The van der Waals surface area contributed by atoms with Crippen molar-refractivity contribution in [3.05, 3.63) is 30.0 Å². The molecular weight excluding hydrogens is 318 g/mol. The zero-order valence-electron chi connectivity index (χ0n) is 15.7. The van der Waals surface area contributed by atoms with Crippen LogP contribution in [0.1, 0.15) is 45.6 Å². The molecule has 1 amide bonds. The molecule has 0 aliphatic carbocycles. The number of furan rings is 1. The molecule has 1 aliphatic heterocycles. The summed E-state index contributed by atoms with van der Waals surface area (Å²) in [5, 5.41) is 1.05. The second-order valence-corrected chi connectivity index (χ2v) is 7.85. The maximum absolute atomic E-state index is 12.3. The second-order valence-electron chi connectivity index (χ2n) is 7.85. The smallest absolute Gasteiger partial charge is 0.410 e. The molecule has 0 unspecified atom stereocenters. The van der Waals surface area contributed by atoms with Gasteiger partial charge in [0.15, 0.2) is 0 Å². The number of hydrogen-bond donors (Lipinski definition) is 0. The predicted octanol–water partition coefficient (Wildman–Crippen LogP) is 4.80. The van der Waals surface area contributed by atoms with Crippen LogP contribution in [-0.4, -0.2) is 36.8 Å². The maximum atomic E-state index is 12.3. The molecule has 25 heavy (non-hydrogen) atoms. The minimum absolute atomic E-state index is 0.230.